The van der Waals surface area contributed by atoms with E-state index in [1.54, 1.807) is 4.90 Å². The number of nitrogens with zero attached hydrogens (tertiary/aromatic N) is 2. The lowest BCUT2D eigenvalue weighted by Gasteiger charge is -2.29. The maximum absolute atomic E-state index is 12.9. The summed E-state index contributed by atoms with van der Waals surface area (Å²) < 4.78 is 64.3. The molecule has 0 bridgehead atoms. The van der Waals surface area contributed by atoms with Crippen LogP contribution in [-0.2, 0) is 30.8 Å². The number of halogens is 3. The average Bonchev–Trinajstić information content (AvgIpc) is 3.32. The van der Waals surface area contributed by atoms with E-state index in [0.717, 1.165) is 24.0 Å². The summed E-state index contributed by atoms with van der Waals surface area (Å²) in [4.78, 5) is 23.5. The molecule has 1 amide bonds. The number of piperazine rings is 1. The predicted molar refractivity (Wildman–Crippen MR) is 122 cm³/mol. The van der Waals surface area contributed by atoms with Crippen LogP contribution in [0, 0.1) is 6.92 Å². The van der Waals surface area contributed by atoms with Gasteiger partial charge < -0.3 is 20.1 Å². The van der Waals surface area contributed by atoms with Crippen molar-refractivity contribution in [2.24, 2.45) is 0 Å². The number of hydrogen-bond donors (Lipinski definition) is 2. The molecular formula is C22H32F3N3O6S. The van der Waals surface area contributed by atoms with E-state index in [1.807, 2.05) is 31.2 Å². The van der Waals surface area contributed by atoms with Crippen molar-refractivity contribution >= 4 is 21.9 Å². The van der Waals surface area contributed by atoms with Gasteiger partial charge in [0.25, 0.3) is 0 Å². The number of benzene rings is 1. The summed E-state index contributed by atoms with van der Waals surface area (Å²) in [6, 6.07) is 7.88. The van der Waals surface area contributed by atoms with Crippen LogP contribution in [0.1, 0.15) is 24.0 Å². The maximum Gasteiger partial charge on any atom is 0.490 e. The van der Waals surface area contributed by atoms with Crippen LogP contribution < -0.4 is 5.32 Å². The Bertz CT molecular complexity index is 929. The summed E-state index contributed by atoms with van der Waals surface area (Å²) in [5.74, 6) is -2.85. The van der Waals surface area contributed by atoms with Crippen molar-refractivity contribution in [3.63, 3.8) is 0 Å². The number of amides is 1. The zero-order valence-electron chi connectivity index (χ0n) is 19.6. The third-order valence-corrected chi connectivity index (χ3v) is 7.46. The van der Waals surface area contributed by atoms with Crippen molar-refractivity contribution in [2.75, 3.05) is 51.6 Å². The molecule has 0 saturated carbocycles. The van der Waals surface area contributed by atoms with Gasteiger partial charge in [0.2, 0.25) is 15.9 Å². The topological polar surface area (TPSA) is 116 Å². The Labute approximate surface area is 203 Å². The van der Waals surface area contributed by atoms with E-state index in [-0.39, 0.29) is 30.7 Å². The fourth-order valence-electron chi connectivity index (χ4n) is 3.62. The lowest BCUT2D eigenvalue weighted by Crippen LogP contribution is -2.49. The fraction of sp³-hybridized carbons (Fsp3) is 0.636. The molecule has 1 aromatic carbocycles. The first-order chi connectivity index (χ1) is 16.4. The Kier molecular flexibility index (Phi) is 10.9. The van der Waals surface area contributed by atoms with Gasteiger partial charge in [-0.25, -0.2) is 13.2 Å². The van der Waals surface area contributed by atoms with E-state index < -0.39 is 22.2 Å². The highest BCUT2D eigenvalue weighted by Crippen LogP contribution is 2.16. The number of nitrogens with one attached hydrogen (secondary N) is 1. The molecule has 0 aliphatic carbocycles. The molecular weight excluding hydrogens is 491 g/mol. The normalized spacial score (nSPS) is 19.0. The van der Waals surface area contributed by atoms with Crippen LogP contribution in [0.4, 0.5) is 13.2 Å². The molecule has 2 aliphatic rings. The minimum atomic E-state index is -5.08. The Morgan fingerprint density at radius 1 is 1.20 bits per heavy atom. The zero-order valence-corrected chi connectivity index (χ0v) is 20.4. The van der Waals surface area contributed by atoms with Gasteiger partial charge in [0.1, 0.15) is 0 Å². The van der Waals surface area contributed by atoms with Crippen LogP contribution in [0.2, 0.25) is 0 Å². The Hall–Kier alpha value is -2.22. The van der Waals surface area contributed by atoms with E-state index in [9.17, 15) is 26.4 Å². The van der Waals surface area contributed by atoms with Gasteiger partial charge in [0, 0.05) is 45.9 Å². The smallest absolute Gasteiger partial charge is 0.475 e. The van der Waals surface area contributed by atoms with Crippen molar-refractivity contribution in [2.45, 2.75) is 38.5 Å². The summed E-state index contributed by atoms with van der Waals surface area (Å²) in [6.45, 7) is 5.71. The molecule has 2 fully saturated rings. The molecule has 0 radical (unpaired) electrons. The van der Waals surface area contributed by atoms with Gasteiger partial charge in [-0.3, -0.25) is 4.79 Å². The standard InChI is InChI=1S/C20H31N3O4S.C2HF3O2/c1-17-4-6-18(7-5-17)15-20(24)22(16-19-3-2-13-27-19)12-14-28(25,26)23-10-8-21-9-11-23;3-2(4,5)1(6)7/h4-7,19,21H,2-3,8-16H2,1H3;(H,6,7). The molecule has 13 heteroatoms. The predicted octanol–water partition coefficient (Wildman–Crippen LogP) is 1.41. The minimum absolute atomic E-state index is 0.00357. The summed E-state index contributed by atoms with van der Waals surface area (Å²) >= 11 is 0. The Morgan fingerprint density at radius 3 is 2.31 bits per heavy atom. The lowest BCUT2D eigenvalue weighted by atomic mass is 10.1. The van der Waals surface area contributed by atoms with Gasteiger partial charge in [-0.2, -0.15) is 17.5 Å². The molecule has 9 nitrogen and oxygen atoms in total. The number of ether oxygens (including phenoxy) is 1. The number of carbonyl (C=O) groups excluding carboxylic acids is 1. The van der Waals surface area contributed by atoms with Gasteiger partial charge in [-0.1, -0.05) is 29.8 Å². The highest BCUT2D eigenvalue weighted by molar-refractivity contribution is 7.89. The fourth-order valence-corrected chi connectivity index (χ4v) is 5.07. The number of sulfonamides is 1. The minimum Gasteiger partial charge on any atom is -0.475 e. The monoisotopic (exact) mass is 523 g/mol. The molecule has 198 valence electrons. The van der Waals surface area contributed by atoms with Crippen molar-refractivity contribution in [1.82, 2.24) is 14.5 Å². The molecule has 2 saturated heterocycles. The number of carboxylic acid groups (broad SMARTS) is 1. The molecule has 0 spiro atoms. The highest BCUT2D eigenvalue weighted by atomic mass is 32.2. The molecule has 35 heavy (non-hydrogen) atoms. The highest BCUT2D eigenvalue weighted by Gasteiger charge is 2.38. The van der Waals surface area contributed by atoms with Gasteiger partial charge in [-0.05, 0) is 25.3 Å². The number of alkyl halides is 3. The largest absolute Gasteiger partial charge is 0.490 e. The molecule has 2 N–H and O–H groups in total. The number of carboxylic acids is 1. The summed E-state index contributed by atoms with van der Waals surface area (Å²) in [7, 11) is -3.37. The number of hydrogen-bond acceptors (Lipinski definition) is 6. The average molecular weight is 524 g/mol. The summed E-state index contributed by atoms with van der Waals surface area (Å²) in [5, 5.41) is 10.3. The van der Waals surface area contributed by atoms with Crippen LogP contribution in [0.3, 0.4) is 0 Å². The van der Waals surface area contributed by atoms with Crippen molar-refractivity contribution in [3.8, 4) is 0 Å². The summed E-state index contributed by atoms with van der Waals surface area (Å²) in [5.41, 5.74) is 2.09. The van der Waals surface area contributed by atoms with Gasteiger partial charge in [-0.15, -0.1) is 0 Å². The van der Waals surface area contributed by atoms with Crippen LogP contribution >= 0.6 is 0 Å². The van der Waals surface area contributed by atoms with E-state index in [1.165, 1.54) is 4.31 Å². The Balaban J connectivity index is 0.000000540. The number of aliphatic carboxylic acids is 1. The third kappa shape index (κ3) is 10.1. The van der Waals surface area contributed by atoms with Crippen molar-refractivity contribution < 1.29 is 41.0 Å². The third-order valence-electron chi connectivity index (χ3n) is 5.61. The maximum atomic E-state index is 12.9. The lowest BCUT2D eigenvalue weighted by molar-refractivity contribution is -0.192. The second kappa shape index (κ2) is 13.2. The first-order valence-electron chi connectivity index (χ1n) is 11.3. The molecule has 2 aliphatic heterocycles. The van der Waals surface area contributed by atoms with E-state index in [4.69, 9.17) is 14.6 Å². The molecule has 1 aromatic rings. The van der Waals surface area contributed by atoms with Crippen LogP contribution in [-0.4, -0.2) is 98.5 Å². The van der Waals surface area contributed by atoms with E-state index in [2.05, 4.69) is 5.32 Å². The van der Waals surface area contributed by atoms with Gasteiger partial charge in [0.05, 0.1) is 18.3 Å². The molecule has 1 atom stereocenters. The zero-order chi connectivity index (χ0) is 26.1. The number of carbonyl (C=O) groups is 2. The first kappa shape index (κ1) is 29.0. The Morgan fingerprint density at radius 2 is 1.80 bits per heavy atom. The molecule has 0 aromatic heterocycles. The molecule has 1 unspecified atom stereocenters. The number of rotatable bonds is 8. The van der Waals surface area contributed by atoms with Crippen molar-refractivity contribution in [1.29, 1.82) is 0 Å². The molecule has 3 rings (SSSR count). The summed E-state index contributed by atoms with van der Waals surface area (Å²) in [6.07, 6.45) is -2.90. The van der Waals surface area contributed by atoms with Gasteiger partial charge in [0.15, 0.2) is 0 Å². The van der Waals surface area contributed by atoms with Crippen LogP contribution in [0.15, 0.2) is 24.3 Å². The van der Waals surface area contributed by atoms with Crippen molar-refractivity contribution in [3.05, 3.63) is 35.4 Å². The SMILES string of the molecule is Cc1ccc(CC(=O)N(CCS(=O)(=O)N2CCNCC2)CC2CCCO2)cc1.O=C(O)C(F)(F)F. The van der Waals surface area contributed by atoms with E-state index in [0.29, 0.717) is 39.3 Å². The van der Waals surface area contributed by atoms with E-state index >= 15 is 0 Å². The second-order valence-electron chi connectivity index (χ2n) is 8.41. The second-order valence-corrected chi connectivity index (χ2v) is 10.5. The molecule has 2 heterocycles. The van der Waals surface area contributed by atoms with Gasteiger partial charge >= 0.3 is 12.1 Å². The van der Waals surface area contributed by atoms with Crippen LogP contribution in [0.5, 0.6) is 0 Å². The van der Waals surface area contributed by atoms with Crippen LogP contribution in [0.25, 0.3) is 0 Å². The first-order valence-corrected chi connectivity index (χ1v) is 12.9. The quantitative estimate of drug-likeness (QED) is 0.529. The number of aryl methyl sites for hydroxylation is 1.